The number of rotatable bonds is 7. The van der Waals surface area contributed by atoms with Gasteiger partial charge in [0.2, 0.25) is 4.77 Å². The average molecular weight is 320 g/mol. The first-order valence-corrected chi connectivity index (χ1v) is 7.53. The zero-order valence-corrected chi connectivity index (χ0v) is 13.8. The number of nitrogens with one attached hydrogen (secondary N) is 1. The van der Waals surface area contributed by atoms with Crippen molar-refractivity contribution >= 4 is 18.4 Å². The van der Waals surface area contributed by atoms with E-state index in [1.807, 2.05) is 18.2 Å². The van der Waals surface area contributed by atoms with Gasteiger partial charge in [0.05, 0.1) is 20.4 Å². The number of benzene rings is 1. The summed E-state index contributed by atoms with van der Waals surface area (Å²) in [4.78, 5) is 0. The fourth-order valence-corrected chi connectivity index (χ4v) is 2.27. The topological polar surface area (TPSA) is 64.4 Å². The molecule has 0 saturated carbocycles. The van der Waals surface area contributed by atoms with Gasteiger partial charge < -0.3 is 9.47 Å². The molecule has 1 aromatic heterocycles. The normalized spacial score (nSPS) is 11.0. The van der Waals surface area contributed by atoms with Crippen molar-refractivity contribution < 1.29 is 9.47 Å². The predicted molar refractivity (Wildman–Crippen MR) is 88.6 cm³/mol. The SMILES string of the molecule is CCCCc1n[nH]c(=S)n1/N=C\c1cccc(OC)c1OC. The van der Waals surface area contributed by atoms with Gasteiger partial charge in [-0.3, -0.25) is 5.10 Å². The zero-order chi connectivity index (χ0) is 15.9. The van der Waals surface area contributed by atoms with Crippen LogP contribution < -0.4 is 9.47 Å². The Kier molecular flexibility index (Phi) is 5.71. The van der Waals surface area contributed by atoms with Crippen LogP contribution in [0.2, 0.25) is 0 Å². The van der Waals surface area contributed by atoms with Gasteiger partial charge in [-0.1, -0.05) is 19.4 Å². The van der Waals surface area contributed by atoms with E-state index in [9.17, 15) is 0 Å². The van der Waals surface area contributed by atoms with Gasteiger partial charge in [-0.15, -0.1) is 0 Å². The van der Waals surface area contributed by atoms with E-state index in [1.54, 1.807) is 25.1 Å². The molecule has 0 aliphatic rings. The molecule has 1 aromatic carbocycles. The summed E-state index contributed by atoms with van der Waals surface area (Å²) < 4.78 is 12.8. The lowest BCUT2D eigenvalue weighted by Crippen LogP contribution is -2.00. The fourth-order valence-electron chi connectivity index (χ4n) is 2.07. The summed E-state index contributed by atoms with van der Waals surface area (Å²) in [5.74, 6) is 2.12. The van der Waals surface area contributed by atoms with Gasteiger partial charge in [-0.25, -0.2) is 0 Å². The van der Waals surface area contributed by atoms with Crippen molar-refractivity contribution in [3.63, 3.8) is 0 Å². The minimum atomic E-state index is 0.476. The van der Waals surface area contributed by atoms with Gasteiger partial charge in [0, 0.05) is 12.0 Å². The number of methoxy groups -OCH3 is 2. The van der Waals surface area contributed by atoms with Gasteiger partial charge in [0.1, 0.15) is 0 Å². The maximum atomic E-state index is 5.39. The molecule has 2 aromatic rings. The summed E-state index contributed by atoms with van der Waals surface area (Å²) in [6.45, 7) is 2.13. The number of nitrogens with zero attached hydrogens (tertiary/aromatic N) is 3. The highest BCUT2D eigenvalue weighted by Gasteiger charge is 2.08. The summed E-state index contributed by atoms with van der Waals surface area (Å²) in [7, 11) is 3.21. The van der Waals surface area contributed by atoms with E-state index in [1.165, 1.54) is 0 Å². The first-order chi connectivity index (χ1) is 10.7. The van der Waals surface area contributed by atoms with Gasteiger partial charge in [0.25, 0.3) is 0 Å². The fraction of sp³-hybridized carbons (Fsp3) is 0.400. The second-order valence-electron chi connectivity index (χ2n) is 4.69. The molecule has 0 saturated heterocycles. The van der Waals surface area contributed by atoms with Crippen LogP contribution in [-0.2, 0) is 6.42 Å². The summed E-state index contributed by atoms with van der Waals surface area (Å²) in [5.41, 5.74) is 0.811. The van der Waals surface area contributed by atoms with Crippen LogP contribution in [0.4, 0.5) is 0 Å². The number of aromatic nitrogens is 3. The van der Waals surface area contributed by atoms with Crippen molar-refractivity contribution in [3.05, 3.63) is 34.4 Å². The number of aryl methyl sites for hydroxylation is 1. The number of ether oxygens (including phenoxy) is 2. The molecule has 0 radical (unpaired) electrons. The van der Waals surface area contributed by atoms with Crippen molar-refractivity contribution in [2.24, 2.45) is 5.10 Å². The van der Waals surface area contributed by atoms with Crippen molar-refractivity contribution in [2.45, 2.75) is 26.2 Å². The van der Waals surface area contributed by atoms with E-state index in [0.29, 0.717) is 16.3 Å². The van der Waals surface area contributed by atoms with E-state index in [-0.39, 0.29) is 0 Å². The van der Waals surface area contributed by atoms with Crippen molar-refractivity contribution in [3.8, 4) is 11.5 Å². The number of hydrogen-bond acceptors (Lipinski definition) is 5. The zero-order valence-electron chi connectivity index (χ0n) is 13.0. The number of aromatic amines is 1. The minimum Gasteiger partial charge on any atom is -0.493 e. The summed E-state index contributed by atoms with van der Waals surface area (Å²) in [6, 6.07) is 5.63. The third kappa shape index (κ3) is 3.54. The van der Waals surface area contributed by atoms with Gasteiger partial charge >= 0.3 is 0 Å². The molecular formula is C15H20N4O2S. The smallest absolute Gasteiger partial charge is 0.216 e. The Labute approximate surface area is 134 Å². The first kappa shape index (κ1) is 16.2. The van der Waals surface area contributed by atoms with Crippen molar-refractivity contribution in [2.75, 3.05) is 14.2 Å². The molecular weight excluding hydrogens is 300 g/mol. The number of hydrogen-bond donors (Lipinski definition) is 1. The van der Waals surface area contributed by atoms with E-state index in [2.05, 4.69) is 22.2 Å². The molecule has 0 fully saturated rings. The Balaban J connectivity index is 2.33. The molecule has 1 heterocycles. The second kappa shape index (κ2) is 7.74. The quantitative estimate of drug-likeness (QED) is 0.628. The molecule has 7 heteroatoms. The third-order valence-corrected chi connectivity index (χ3v) is 3.48. The summed E-state index contributed by atoms with van der Waals surface area (Å²) >= 11 is 5.22. The molecule has 0 unspecified atom stereocenters. The Bertz CT molecular complexity index is 706. The molecule has 0 bridgehead atoms. The van der Waals surface area contributed by atoms with Crippen LogP contribution in [0, 0.1) is 4.77 Å². The van der Waals surface area contributed by atoms with Gasteiger partial charge in [-0.2, -0.15) is 14.9 Å². The maximum absolute atomic E-state index is 5.39. The number of H-pyrrole nitrogens is 1. The van der Waals surface area contributed by atoms with E-state index < -0.39 is 0 Å². The monoisotopic (exact) mass is 320 g/mol. The Hall–Kier alpha value is -2.15. The standard InChI is InChI=1S/C15H20N4O2S/c1-4-5-9-13-17-18-15(22)19(13)16-10-11-7-6-8-12(20-2)14(11)21-3/h6-8,10H,4-5,9H2,1-3H3,(H,18,22)/b16-10-. The van der Waals surface area contributed by atoms with Crippen LogP contribution in [0.1, 0.15) is 31.2 Å². The molecule has 0 aliphatic heterocycles. The molecule has 118 valence electrons. The van der Waals surface area contributed by atoms with Crippen LogP contribution in [-0.4, -0.2) is 35.3 Å². The van der Waals surface area contributed by atoms with Crippen LogP contribution in [0.3, 0.4) is 0 Å². The maximum Gasteiger partial charge on any atom is 0.216 e. The van der Waals surface area contributed by atoms with E-state index in [4.69, 9.17) is 21.7 Å². The second-order valence-corrected chi connectivity index (χ2v) is 5.07. The van der Waals surface area contributed by atoms with Crippen molar-refractivity contribution in [1.82, 2.24) is 14.9 Å². The Morgan fingerprint density at radius 3 is 2.86 bits per heavy atom. The first-order valence-electron chi connectivity index (χ1n) is 7.12. The Morgan fingerprint density at radius 1 is 1.36 bits per heavy atom. The highest BCUT2D eigenvalue weighted by atomic mass is 32.1. The average Bonchev–Trinajstić information content (AvgIpc) is 2.90. The molecule has 22 heavy (non-hydrogen) atoms. The predicted octanol–water partition coefficient (Wildman–Crippen LogP) is 3.18. The molecule has 1 N–H and O–H groups in total. The highest BCUT2D eigenvalue weighted by Crippen LogP contribution is 2.29. The van der Waals surface area contributed by atoms with Crippen LogP contribution in [0.25, 0.3) is 0 Å². The molecule has 6 nitrogen and oxygen atoms in total. The van der Waals surface area contributed by atoms with E-state index >= 15 is 0 Å². The van der Waals surface area contributed by atoms with Gasteiger partial charge in [0.15, 0.2) is 17.3 Å². The lowest BCUT2D eigenvalue weighted by Gasteiger charge is -2.09. The van der Waals surface area contributed by atoms with Crippen molar-refractivity contribution in [1.29, 1.82) is 0 Å². The largest absolute Gasteiger partial charge is 0.493 e. The Morgan fingerprint density at radius 2 is 2.18 bits per heavy atom. The highest BCUT2D eigenvalue weighted by molar-refractivity contribution is 7.71. The minimum absolute atomic E-state index is 0.476. The lowest BCUT2D eigenvalue weighted by atomic mass is 10.2. The molecule has 0 amide bonds. The van der Waals surface area contributed by atoms with Crippen LogP contribution in [0.5, 0.6) is 11.5 Å². The van der Waals surface area contributed by atoms with E-state index in [0.717, 1.165) is 30.7 Å². The van der Waals surface area contributed by atoms with Gasteiger partial charge in [-0.05, 0) is 30.8 Å². The molecule has 0 spiro atoms. The third-order valence-electron chi connectivity index (χ3n) is 3.22. The van der Waals surface area contributed by atoms with Crippen LogP contribution in [0.15, 0.2) is 23.3 Å². The molecule has 0 atom stereocenters. The lowest BCUT2D eigenvalue weighted by molar-refractivity contribution is 0.354. The number of para-hydroxylation sites is 1. The molecule has 0 aliphatic carbocycles. The molecule has 2 rings (SSSR count). The summed E-state index contributed by atoms with van der Waals surface area (Å²) in [6.07, 6.45) is 4.66. The number of unbranched alkanes of at least 4 members (excludes halogenated alkanes) is 1. The summed E-state index contributed by atoms with van der Waals surface area (Å²) in [5, 5.41) is 11.4. The van der Waals surface area contributed by atoms with Crippen LogP contribution >= 0.6 is 12.2 Å².